The fraction of sp³-hybridized carbons (Fsp3) is 0.200. The highest BCUT2D eigenvalue weighted by molar-refractivity contribution is 7.98. The van der Waals surface area contributed by atoms with E-state index < -0.39 is 21.9 Å². The summed E-state index contributed by atoms with van der Waals surface area (Å²) in [5.41, 5.74) is 4.29. The van der Waals surface area contributed by atoms with Crippen molar-refractivity contribution in [1.82, 2.24) is 19.5 Å². The molecule has 0 spiro atoms. The molecule has 3 aromatic carbocycles. The molecule has 4 aromatic rings. The van der Waals surface area contributed by atoms with E-state index in [-0.39, 0.29) is 4.90 Å². The van der Waals surface area contributed by atoms with Crippen molar-refractivity contribution >= 4 is 21.8 Å². The first kappa shape index (κ1) is 24.1. The number of nitrogens with one attached hydrogen (secondary N) is 1. The second kappa shape index (κ2) is 10.1. The molecule has 0 saturated heterocycles. The molecule has 4 rings (SSSR count). The van der Waals surface area contributed by atoms with Gasteiger partial charge in [0, 0.05) is 11.4 Å². The van der Waals surface area contributed by atoms with Gasteiger partial charge < -0.3 is 0 Å². The summed E-state index contributed by atoms with van der Waals surface area (Å²) in [5, 5.41) is 9.38. The lowest BCUT2D eigenvalue weighted by Crippen LogP contribution is -2.28. The molecule has 0 saturated carbocycles. The zero-order chi connectivity index (χ0) is 24.3. The predicted octanol–water partition coefficient (Wildman–Crippen LogP) is 5.36. The number of aryl methyl sites for hydroxylation is 2. The van der Waals surface area contributed by atoms with Gasteiger partial charge in [-0.2, -0.15) is 0 Å². The van der Waals surface area contributed by atoms with Crippen molar-refractivity contribution in [3.63, 3.8) is 0 Å². The molecule has 0 aliphatic heterocycles. The molecule has 9 heteroatoms. The summed E-state index contributed by atoms with van der Waals surface area (Å²) in [7, 11) is -3.89. The normalized spacial score (nSPS) is 12.6. The van der Waals surface area contributed by atoms with E-state index in [0.29, 0.717) is 16.7 Å². The molecule has 1 N–H and O–H groups in total. The summed E-state index contributed by atoms with van der Waals surface area (Å²) in [6.07, 6.45) is 0. The highest BCUT2D eigenvalue weighted by Gasteiger charge is 2.25. The van der Waals surface area contributed by atoms with Crippen LogP contribution in [0.25, 0.3) is 5.69 Å². The number of benzene rings is 3. The first-order valence-corrected chi connectivity index (χ1v) is 13.2. The first-order chi connectivity index (χ1) is 16.2. The number of hydrogen-bond donors (Lipinski definition) is 1. The van der Waals surface area contributed by atoms with Gasteiger partial charge in [0.15, 0.2) is 11.0 Å². The lowest BCUT2D eigenvalue weighted by molar-refractivity contribution is 0.555. The SMILES string of the molecule is Cc1ccc(-n2c(SCc3cccc(C)c3)nnc2C(C)NS(=O)(=O)c2ccc(F)cc2)cc1. The number of nitrogens with zero attached hydrogens (tertiary/aromatic N) is 3. The molecule has 0 fully saturated rings. The molecule has 0 amide bonds. The molecule has 176 valence electrons. The Morgan fingerprint density at radius 3 is 2.35 bits per heavy atom. The van der Waals surface area contributed by atoms with Crippen molar-refractivity contribution in [2.45, 2.75) is 42.6 Å². The molecule has 6 nitrogen and oxygen atoms in total. The minimum atomic E-state index is -3.89. The lowest BCUT2D eigenvalue weighted by Gasteiger charge is -2.17. The van der Waals surface area contributed by atoms with Gasteiger partial charge in [-0.1, -0.05) is 59.3 Å². The van der Waals surface area contributed by atoms with Gasteiger partial charge in [-0.25, -0.2) is 17.5 Å². The number of aromatic nitrogens is 3. The topological polar surface area (TPSA) is 76.9 Å². The van der Waals surface area contributed by atoms with Gasteiger partial charge in [-0.05, 0) is 62.7 Å². The van der Waals surface area contributed by atoms with Gasteiger partial charge in [-0.15, -0.1) is 10.2 Å². The van der Waals surface area contributed by atoms with Crippen LogP contribution in [0.2, 0.25) is 0 Å². The molecule has 1 unspecified atom stereocenters. The maximum absolute atomic E-state index is 13.3. The third-order valence-corrected chi connectivity index (χ3v) is 7.80. The average molecular weight is 497 g/mol. The Hall–Kier alpha value is -3.01. The quantitative estimate of drug-likeness (QED) is 0.333. The monoisotopic (exact) mass is 496 g/mol. The van der Waals surface area contributed by atoms with Crippen LogP contribution in [0.4, 0.5) is 4.39 Å². The summed E-state index contributed by atoms with van der Waals surface area (Å²) < 4.78 is 43.5. The molecular formula is C25H25FN4O2S2. The largest absolute Gasteiger partial charge is 0.273 e. The van der Waals surface area contributed by atoms with Crippen LogP contribution in [0.5, 0.6) is 0 Å². The molecular weight excluding hydrogens is 471 g/mol. The number of thioether (sulfide) groups is 1. The van der Waals surface area contributed by atoms with E-state index in [4.69, 9.17) is 0 Å². The minimum absolute atomic E-state index is 0.0174. The smallest absolute Gasteiger partial charge is 0.241 e. The van der Waals surface area contributed by atoms with Gasteiger partial charge in [0.1, 0.15) is 5.82 Å². The fourth-order valence-corrected chi connectivity index (χ4v) is 5.61. The Morgan fingerprint density at radius 1 is 0.971 bits per heavy atom. The highest BCUT2D eigenvalue weighted by Crippen LogP contribution is 2.28. The van der Waals surface area contributed by atoms with Crippen molar-refractivity contribution in [3.8, 4) is 5.69 Å². The molecule has 1 aromatic heterocycles. The standard InChI is InChI=1S/C25H25FN4O2S2/c1-17-7-11-22(12-8-17)30-24(19(3)29-34(31,32)23-13-9-21(26)10-14-23)27-28-25(30)33-16-20-6-4-5-18(2)15-20/h4-15,19,29H,16H2,1-3H3. The zero-order valence-electron chi connectivity index (χ0n) is 19.1. The van der Waals surface area contributed by atoms with Crippen LogP contribution in [0.3, 0.4) is 0 Å². The van der Waals surface area contributed by atoms with E-state index in [1.165, 1.54) is 29.5 Å². The Kier molecular flexibility index (Phi) is 7.16. The van der Waals surface area contributed by atoms with Crippen LogP contribution in [0.15, 0.2) is 82.8 Å². The second-order valence-corrected chi connectivity index (χ2v) is 10.7. The number of hydrogen-bond acceptors (Lipinski definition) is 5. The molecule has 0 radical (unpaired) electrons. The van der Waals surface area contributed by atoms with E-state index in [1.54, 1.807) is 6.92 Å². The molecule has 0 bridgehead atoms. The van der Waals surface area contributed by atoms with Crippen LogP contribution in [0.1, 0.15) is 35.5 Å². The Bertz CT molecular complexity index is 1390. The Labute approximate surface area is 203 Å². The third kappa shape index (κ3) is 5.55. The second-order valence-electron chi connectivity index (χ2n) is 8.09. The van der Waals surface area contributed by atoms with Crippen molar-refractivity contribution in [1.29, 1.82) is 0 Å². The first-order valence-electron chi connectivity index (χ1n) is 10.7. The van der Waals surface area contributed by atoms with Crippen molar-refractivity contribution in [3.05, 3.63) is 101 Å². The third-order valence-electron chi connectivity index (χ3n) is 5.24. The van der Waals surface area contributed by atoms with E-state index in [9.17, 15) is 12.8 Å². The maximum atomic E-state index is 13.3. The summed E-state index contributed by atoms with van der Waals surface area (Å²) >= 11 is 1.53. The van der Waals surface area contributed by atoms with Crippen molar-refractivity contribution < 1.29 is 12.8 Å². The summed E-state index contributed by atoms with van der Waals surface area (Å²) in [6, 6.07) is 20.2. The van der Waals surface area contributed by atoms with Crippen LogP contribution in [0, 0.1) is 19.7 Å². The fourth-order valence-electron chi connectivity index (χ4n) is 3.51. The van der Waals surface area contributed by atoms with Gasteiger partial charge in [0.05, 0.1) is 10.9 Å². The maximum Gasteiger partial charge on any atom is 0.241 e. The van der Waals surface area contributed by atoms with Gasteiger partial charge in [-0.3, -0.25) is 4.57 Å². The van der Waals surface area contributed by atoms with Crippen LogP contribution >= 0.6 is 11.8 Å². The summed E-state index contributed by atoms with van der Waals surface area (Å²) in [6.45, 7) is 5.77. The van der Waals surface area contributed by atoms with E-state index in [2.05, 4.69) is 40.0 Å². The van der Waals surface area contributed by atoms with Crippen LogP contribution in [-0.4, -0.2) is 23.2 Å². The summed E-state index contributed by atoms with van der Waals surface area (Å²) in [5.74, 6) is 0.657. The lowest BCUT2D eigenvalue weighted by atomic mass is 10.2. The number of sulfonamides is 1. The van der Waals surface area contributed by atoms with Gasteiger partial charge >= 0.3 is 0 Å². The minimum Gasteiger partial charge on any atom is -0.273 e. The van der Waals surface area contributed by atoms with E-state index >= 15 is 0 Å². The molecule has 0 aliphatic carbocycles. The van der Waals surface area contributed by atoms with Crippen LogP contribution < -0.4 is 4.72 Å². The predicted molar refractivity (Wildman–Crippen MR) is 132 cm³/mol. The van der Waals surface area contributed by atoms with Crippen molar-refractivity contribution in [2.24, 2.45) is 0 Å². The molecule has 1 heterocycles. The highest BCUT2D eigenvalue weighted by atomic mass is 32.2. The van der Waals surface area contributed by atoms with Crippen LogP contribution in [-0.2, 0) is 15.8 Å². The van der Waals surface area contributed by atoms with Gasteiger partial charge in [0.2, 0.25) is 10.0 Å². The average Bonchev–Trinajstić information content (AvgIpc) is 3.22. The van der Waals surface area contributed by atoms with Crippen molar-refractivity contribution in [2.75, 3.05) is 0 Å². The number of halogens is 1. The Morgan fingerprint density at radius 2 is 1.68 bits per heavy atom. The Balaban J connectivity index is 1.66. The van der Waals surface area contributed by atoms with E-state index in [1.807, 2.05) is 41.8 Å². The van der Waals surface area contributed by atoms with Gasteiger partial charge in [0.25, 0.3) is 0 Å². The molecule has 34 heavy (non-hydrogen) atoms. The summed E-state index contributed by atoms with van der Waals surface area (Å²) in [4.78, 5) is -0.0174. The molecule has 0 aliphatic rings. The molecule has 1 atom stereocenters. The zero-order valence-corrected chi connectivity index (χ0v) is 20.7. The van der Waals surface area contributed by atoms with E-state index in [0.717, 1.165) is 28.9 Å². The number of rotatable bonds is 8.